The van der Waals surface area contributed by atoms with Crippen molar-refractivity contribution < 1.29 is 29.0 Å². The van der Waals surface area contributed by atoms with Gasteiger partial charge in [-0.15, -0.1) is 0 Å². The molecular weight excluding hydrogens is 540 g/mol. The van der Waals surface area contributed by atoms with Gasteiger partial charge in [0.15, 0.2) is 11.2 Å². The second-order valence-electron chi connectivity index (χ2n) is 10.9. The molecule has 12 nitrogen and oxygen atoms in total. The molecule has 2 aliphatic rings. The Balaban J connectivity index is 1.20. The van der Waals surface area contributed by atoms with Crippen LogP contribution in [0.1, 0.15) is 79.9 Å². The Morgan fingerprint density at radius 2 is 1.95 bits per heavy atom. The Morgan fingerprint density at radius 3 is 2.74 bits per heavy atom. The van der Waals surface area contributed by atoms with E-state index in [1.54, 1.807) is 57.2 Å². The molecule has 0 saturated heterocycles. The number of rotatable bonds is 6. The van der Waals surface area contributed by atoms with Crippen LogP contribution in [0.5, 0.6) is 5.75 Å². The summed E-state index contributed by atoms with van der Waals surface area (Å²) in [5, 5.41) is 22.3. The van der Waals surface area contributed by atoms with Crippen LogP contribution in [-0.2, 0) is 17.8 Å². The lowest BCUT2D eigenvalue weighted by atomic mass is 9.98. The number of hydrogen-bond donors (Lipinski definition) is 4. The van der Waals surface area contributed by atoms with Crippen LogP contribution in [0, 0.1) is 6.92 Å². The quantitative estimate of drug-likeness (QED) is 0.275. The molecule has 2 aromatic heterocycles. The van der Waals surface area contributed by atoms with E-state index < -0.39 is 23.4 Å². The van der Waals surface area contributed by atoms with Crippen LogP contribution in [0.25, 0.3) is 5.65 Å². The van der Waals surface area contributed by atoms with Gasteiger partial charge in [0.1, 0.15) is 17.1 Å². The number of carbonyl (C=O) groups excluding carboxylic acids is 3. The maximum Gasteiger partial charge on any atom is 0.335 e. The first kappa shape index (κ1) is 26.9. The Morgan fingerprint density at radius 1 is 1.14 bits per heavy atom. The predicted molar refractivity (Wildman–Crippen MR) is 151 cm³/mol. The highest BCUT2D eigenvalue weighted by Crippen LogP contribution is 2.35. The van der Waals surface area contributed by atoms with Crippen molar-refractivity contribution in [2.75, 3.05) is 5.32 Å². The molecule has 12 heteroatoms. The van der Waals surface area contributed by atoms with Gasteiger partial charge in [-0.05, 0) is 74.1 Å². The molecule has 0 radical (unpaired) electrons. The second kappa shape index (κ2) is 9.98. The van der Waals surface area contributed by atoms with Crippen LogP contribution in [0.15, 0.2) is 48.7 Å². The zero-order valence-electron chi connectivity index (χ0n) is 23.1. The number of amides is 3. The molecule has 1 atom stereocenters. The van der Waals surface area contributed by atoms with Crippen molar-refractivity contribution in [2.45, 2.75) is 51.8 Å². The highest BCUT2D eigenvalue weighted by molar-refractivity contribution is 6.00. The fraction of sp³-hybridized carbons (Fsp3) is 0.267. The molecule has 4 N–H and O–H groups in total. The molecule has 4 aromatic rings. The number of fused-ring (bicyclic) bond motifs is 3. The van der Waals surface area contributed by atoms with Crippen LogP contribution >= 0.6 is 0 Å². The molecule has 3 amide bonds. The minimum atomic E-state index is -0.983. The highest BCUT2D eigenvalue weighted by Gasteiger charge is 2.35. The van der Waals surface area contributed by atoms with Crippen LogP contribution < -0.4 is 20.7 Å². The Labute approximate surface area is 240 Å². The van der Waals surface area contributed by atoms with E-state index in [0.29, 0.717) is 35.5 Å². The summed E-state index contributed by atoms with van der Waals surface area (Å²) in [6.45, 7) is 5.29. The highest BCUT2D eigenvalue weighted by atomic mass is 16.5. The minimum absolute atomic E-state index is 0.0401. The largest absolute Gasteiger partial charge is 0.478 e. The number of anilines is 1. The molecule has 42 heavy (non-hydrogen) atoms. The lowest BCUT2D eigenvalue weighted by Gasteiger charge is -2.31. The van der Waals surface area contributed by atoms with Gasteiger partial charge in [0.25, 0.3) is 17.7 Å². The van der Waals surface area contributed by atoms with Gasteiger partial charge >= 0.3 is 5.97 Å². The molecule has 3 heterocycles. The Hall–Kier alpha value is -5.26. The van der Waals surface area contributed by atoms with E-state index in [9.17, 15) is 24.3 Å². The molecule has 0 spiro atoms. The molecule has 1 aliphatic carbocycles. The summed E-state index contributed by atoms with van der Waals surface area (Å²) in [5.41, 5.74) is 3.54. The molecule has 0 unspecified atom stereocenters. The summed E-state index contributed by atoms with van der Waals surface area (Å²) >= 11 is 0. The number of nitrogens with zero attached hydrogens (tertiary/aromatic N) is 3. The monoisotopic (exact) mass is 568 g/mol. The van der Waals surface area contributed by atoms with Gasteiger partial charge in [0, 0.05) is 18.7 Å². The first-order chi connectivity index (χ1) is 20.0. The lowest BCUT2D eigenvalue weighted by molar-refractivity contribution is -0.129. The van der Waals surface area contributed by atoms with Gasteiger partial charge in [0.2, 0.25) is 0 Å². The van der Waals surface area contributed by atoms with Crippen molar-refractivity contribution in [2.24, 2.45) is 0 Å². The van der Waals surface area contributed by atoms with Gasteiger partial charge in [-0.25, -0.2) is 14.3 Å². The average molecular weight is 569 g/mol. The summed E-state index contributed by atoms with van der Waals surface area (Å²) in [4.78, 5) is 54.8. The summed E-state index contributed by atoms with van der Waals surface area (Å²) < 4.78 is 7.13. The molecule has 0 saturated carbocycles. The number of aromatic carboxylic acids is 1. The summed E-state index contributed by atoms with van der Waals surface area (Å²) in [6, 6.07) is 11.2. The number of carboxylic acids is 1. The van der Waals surface area contributed by atoms with Crippen molar-refractivity contribution in [3.05, 3.63) is 87.9 Å². The van der Waals surface area contributed by atoms with E-state index in [1.165, 1.54) is 16.8 Å². The fourth-order valence-corrected chi connectivity index (χ4v) is 5.43. The lowest BCUT2D eigenvalue weighted by Crippen LogP contribution is -2.45. The van der Waals surface area contributed by atoms with Gasteiger partial charge < -0.3 is 25.8 Å². The topological polar surface area (TPSA) is 164 Å². The van der Waals surface area contributed by atoms with Crippen molar-refractivity contribution in [1.82, 2.24) is 25.2 Å². The van der Waals surface area contributed by atoms with Gasteiger partial charge in [-0.2, -0.15) is 5.10 Å². The normalized spacial score (nSPS) is 16.6. The zero-order valence-corrected chi connectivity index (χ0v) is 23.1. The number of aromatic nitrogens is 3. The molecule has 214 valence electrons. The second-order valence-corrected chi connectivity index (χ2v) is 10.9. The Kier molecular flexibility index (Phi) is 6.40. The van der Waals surface area contributed by atoms with Crippen molar-refractivity contribution >= 4 is 35.0 Å². The summed E-state index contributed by atoms with van der Waals surface area (Å²) in [6.07, 6.45) is 2.76. The number of nitrogens with one attached hydrogen (secondary N) is 3. The zero-order chi connectivity index (χ0) is 29.8. The minimum Gasteiger partial charge on any atom is -0.478 e. The molecule has 1 aliphatic heterocycles. The van der Waals surface area contributed by atoms with E-state index in [-0.39, 0.29) is 35.4 Å². The number of carboxylic acid groups (broad SMARTS) is 1. The predicted octanol–water partition coefficient (Wildman–Crippen LogP) is 3.19. The van der Waals surface area contributed by atoms with E-state index in [1.807, 2.05) is 0 Å². The molecule has 2 aromatic carbocycles. The van der Waals surface area contributed by atoms with Crippen LogP contribution in [0.3, 0.4) is 0 Å². The number of ether oxygens (including phenoxy) is 1. The van der Waals surface area contributed by atoms with Crippen LogP contribution in [0.4, 0.5) is 5.69 Å². The van der Waals surface area contributed by atoms with E-state index in [0.717, 1.165) is 16.7 Å². The third kappa shape index (κ3) is 4.70. The van der Waals surface area contributed by atoms with Gasteiger partial charge in [-0.1, -0.05) is 12.1 Å². The molecule has 0 fully saturated rings. The molecule has 0 bridgehead atoms. The molecule has 6 rings (SSSR count). The van der Waals surface area contributed by atoms with Crippen molar-refractivity contribution in [1.29, 1.82) is 0 Å². The van der Waals surface area contributed by atoms with Crippen LogP contribution in [-0.4, -0.2) is 49.0 Å². The van der Waals surface area contributed by atoms with Gasteiger partial charge in [-0.3, -0.25) is 14.4 Å². The van der Waals surface area contributed by atoms with Crippen LogP contribution in [0.2, 0.25) is 0 Å². The smallest absolute Gasteiger partial charge is 0.335 e. The number of benzene rings is 2. The number of hydrogen-bond acceptors (Lipinski definition) is 7. The third-order valence-corrected chi connectivity index (χ3v) is 7.71. The SMILES string of the molecule is Cc1c(C(=O)O)ccc2c1CC[C@@H]2NC(=O)c1cc(C(=O)NCc2ccc3c(c2)NC(=O)C(C)(C)O3)nc2ccnn12. The van der Waals surface area contributed by atoms with E-state index in [4.69, 9.17) is 4.74 Å². The van der Waals surface area contributed by atoms with Gasteiger partial charge in [0.05, 0.1) is 23.5 Å². The number of carbonyl (C=O) groups is 4. The Bertz CT molecular complexity index is 1810. The van der Waals surface area contributed by atoms with E-state index in [2.05, 4.69) is 26.0 Å². The third-order valence-electron chi connectivity index (χ3n) is 7.71. The summed E-state index contributed by atoms with van der Waals surface area (Å²) in [7, 11) is 0. The average Bonchev–Trinajstić information content (AvgIpc) is 3.59. The fourth-order valence-electron chi connectivity index (χ4n) is 5.43. The maximum atomic E-state index is 13.5. The van der Waals surface area contributed by atoms with E-state index >= 15 is 0 Å². The first-order valence-corrected chi connectivity index (χ1v) is 13.4. The summed E-state index contributed by atoms with van der Waals surface area (Å²) in [5.74, 6) is -1.63. The first-order valence-electron chi connectivity index (χ1n) is 13.4. The molecular formula is C30H28N6O6. The standard InChI is InChI=1S/C30H28N6O6/c1-15-17-7-8-20(19(17)6-5-18(15)28(39)40)34-27(38)23-13-22(33-25-10-11-32-36(23)25)26(37)31-14-16-4-9-24-21(12-16)35-29(41)30(2,3)42-24/h4-6,9-13,20H,7-8,14H2,1-3H3,(H,31,37)(H,34,38)(H,35,41)(H,39,40)/t20-/m0/s1. The van der Waals surface area contributed by atoms with Crippen molar-refractivity contribution in [3.63, 3.8) is 0 Å². The maximum absolute atomic E-state index is 13.5. The van der Waals surface area contributed by atoms with Crippen molar-refractivity contribution in [3.8, 4) is 5.75 Å².